The summed E-state index contributed by atoms with van der Waals surface area (Å²) in [4.78, 5) is 2.66. The van der Waals surface area contributed by atoms with Crippen molar-refractivity contribution in [3.8, 4) is 5.75 Å². The zero-order valence-electron chi connectivity index (χ0n) is 9.11. The second-order valence-electron chi connectivity index (χ2n) is 3.74. The van der Waals surface area contributed by atoms with Gasteiger partial charge in [0.25, 0.3) is 0 Å². The molecule has 0 amide bonds. The van der Waals surface area contributed by atoms with Crippen molar-refractivity contribution in [1.29, 1.82) is 0 Å². The van der Waals surface area contributed by atoms with Crippen molar-refractivity contribution in [1.82, 2.24) is 4.98 Å². The van der Waals surface area contributed by atoms with E-state index in [1.165, 1.54) is 18.3 Å². The molecule has 7 heteroatoms. The van der Waals surface area contributed by atoms with Crippen molar-refractivity contribution in [2.45, 2.75) is 19.2 Å². The Bertz CT molecular complexity index is 578. The molecule has 1 atom stereocenters. The minimum absolute atomic E-state index is 0.0481. The van der Waals surface area contributed by atoms with Crippen molar-refractivity contribution in [3.63, 3.8) is 0 Å². The van der Waals surface area contributed by atoms with Crippen molar-refractivity contribution < 1.29 is 22.3 Å². The molecule has 1 aromatic carbocycles. The van der Waals surface area contributed by atoms with Gasteiger partial charge in [-0.3, -0.25) is 0 Å². The third-order valence-corrected chi connectivity index (χ3v) is 3.04. The summed E-state index contributed by atoms with van der Waals surface area (Å²) in [5, 5.41) is 0.175. The van der Waals surface area contributed by atoms with E-state index >= 15 is 0 Å². The van der Waals surface area contributed by atoms with Gasteiger partial charge in [0.15, 0.2) is 6.10 Å². The Labute approximate surface area is 108 Å². The van der Waals surface area contributed by atoms with E-state index in [0.717, 1.165) is 6.92 Å². The van der Waals surface area contributed by atoms with Crippen LogP contribution in [0, 0.1) is 5.82 Å². The smallest absolute Gasteiger partial charge is 0.425 e. The van der Waals surface area contributed by atoms with Crippen LogP contribution < -0.4 is 4.74 Å². The average Bonchev–Trinajstić information content (AvgIpc) is 2.73. The van der Waals surface area contributed by atoms with Crippen LogP contribution in [0.25, 0.3) is 10.9 Å². The molecule has 98 valence electrons. The molecule has 0 bridgehead atoms. The number of nitrogens with one attached hydrogen (secondary N) is 1. The number of aromatic amines is 1. The molecule has 0 aliphatic carbocycles. The lowest BCUT2D eigenvalue weighted by atomic mass is 10.2. The summed E-state index contributed by atoms with van der Waals surface area (Å²) in [6.07, 6.45) is -5.01. The van der Waals surface area contributed by atoms with Crippen LogP contribution in [0.1, 0.15) is 6.92 Å². The number of aromatic nitrogens is 1. The molecule has 2 nitrogen and oxygen atoms in total. The molecule has 18 heavy (non-hydrogen) atoms. The minimum atomic E-state index is -4.47. The number of alkyl halides is 3. The summed E-state index contributed by atoms with van der Waals surface area (Å²) in [6.45, 7) is 0.895. The predicted molar refractivity (Wildman–Crippen MR) is 62.1 cm³/mol. The lowest BCUT2D eigenvalue weighted by Crippen LogP contribution is -2.31. The van der Waals surface area contributed by atoms with E-state index in [0.29, 0.717) is 0 Å². The Kier molecular flexibility index (Phi) is 3.27. The summed E-state index contributed by atoms with van der Waals surface area (Å²) in [5.41, 5.74) is 0.201. The van der Waals surface area contributed by atoms with Crippen LogP contribution in [-0.2, 0) is 0 Å². The largest absolute Gasteiger partial charge is 0.479 e. The van der Waals surface area contributed by atoms with E-state index in [9.17, 15) is 17.6 Å². The fraction of sp³-hybridized carbons (Fsp3) is 0.273. The van der Waals surface area contributed by atoms with E-state index in [1.54, 1.807) is 0 Å². The van der Waals surface area contributed by atoms with Gasteiger partial charge in [-0.15, -0.1) is 0 Å². The summed E-state index contributed by atoms with van der Waals surface area (Å²) >= 11 is 2.94. The molecule has 0 radical (unpaired) electrons. The van der Waals surface area contributed by atoms with Gasteiger partial charge in [-0.1, -0.05) is 0 Å². The van der Waals surface area contributed by atoms with Crippen molar-refractivity contribution in [2.24, 2.45) is 0 Å². The zero-order chi connectivity index (χ0) is 13.5. The number of halogens is 5. The number of ether oxygens (including phenoxy) is 1. The van der Waals surface area contributed by atoms with Gasteiger partial charge in [0.05, 0.1) is 9.99 Å². The zero-order valence-corrected chi connectivity index (χ0v) is 10.7. The molecular weight excluding hydrogens is 318 g/mol. The van der Waals surface area contributed by atoms with E-state index < -0.39 is 18.1 Å². The molecule has 0 spiro atoms. The van der Waals surface area contributed by atoms with Crippen LogP contribution >= 0.6 is 15.9 Å². The maximum atomic E-state index is 13.6. The van der Waals surface area contributed by atoms with Gasteiger partial charge >= 0.3 is 6.18 Å². The molecule has 0 fully saturated rings. The molecule has 2 rings (SSSR count). The minimum Gasteiger partial charge on any atom is -0.479 e. The van der Waals surface area contributed by atoms with Gasteiger partial charge in [0.2, 0.25) is 0 Å². The van der Waals surface area contributed by atoms with Gasteiger partial charge in [0.1, 0.15) is 11.6 Å². The van der Waals surface area contributed by atoms with Crippen LogP contribution in [-0.4, -0.2) is 17.3 Å². The third kappa shape index (κ3) is 2.31. The Morgan fingerprint density at radius 3 is 2.67 bits per heavy atom. The molecule has 1 aromatic heterocycles. The first-order chi connectivity index (χ1) is 8.30. The standard InChI is InChI=1S/C11H8BrF4NO/c1-5(11(14,15)16)18-8-4-7(12)9(13)6-2-3-17-10(6)8/h2-5,17H,1H3. The molecule has 1 unspecified atom stereocenters. The van der Waals surface area contributed by atoms with E-state index in [2.05, 4.69) is 20.9 Å². The summed E-state index contributed by atoms with van der Waals surface area (Å²) < 4.78 is 55.8. The first-order valence-electron chi connectivity index (χ1n) is 4.99. The Hall–Kier alpha value is -1.24. The fourth-order valence-corrected chi connectivity index (χ4v) is 1.91. The van der Waals surface area contributed by atoms with Gasteiger partial charge in [-0.25, -0.2) is 4.39 Å². The number of hydrogen-bond acceptors (Lipinski definition) is 1. The van der Waals surface area contributed by atoms with Crippen LogP contribution in [0.2, 0.25) is 0 Å². The fourth-order valence-electron chi connectivity index (χ4n) is 1.49. The van der Waals surface area contributed by atoms with Crippen molar-refractivity contribution in [3.05, 3.63) is 28.6 Å². The van der Waals surface area contributed by atoms with Crippen LogP contribution in [0.5, 0.6) is 5.75 Å². The first kappa shape index (κ1) is 13.2. The maximum Gasteiger partial charge on any atom is 0.425 e. The van der Waals surface area contributed by atoms with Gasteiger partial charge < -0.3 is 9.72 Å². The number of rotatable bonds is 2. The molecule has 0 saturated heterocycles. The second kappa shape index (κ2) is 4.46. The number of fused-ring (bicyclic) bond motifs is 1. The van der Waals surface area contributed by atoms with E-state index in [1.807, 2.05) is 0 Å². The highest BCUT2D eigenvalue weighted by Crippen LogP contribution is 2.34. The lowest BCUT2D eigenvalue weighted by Gasteiger charge is -2.18. The Morgan fingerprint density at radius 2 is 2.06 bits per heavy atom. The van der Waals surface area contributed by atoms with E-state index in [4.69, 9.17) is 4.74 Å². The first-order valence-corrected chi connectivity index (χ1v) is 5.78. The van der Waals surface area contributed by atoms with Gasteiger partial charge in [0, 0.05) is 11.6 Å². The van der Waals surface area contributed by atoms with Gasteiger partial charge in [-0.05, 0) is 35.0 Å². The number of benzene rings is 1. The normalized spacial score (nSPS) is 13.9. The molecule has 1 N–H and O–H groups in total. The Balaban J connectivity index is 2.46. The molecule has 0 aliphatic heterocycles. The van der Waals surface area contributed by atoms with Crippen LogP contribution in [0.15, 0.2) is 22.8 Å². The molecule has 1 heterocycles. The van der Waals surface area contributed by atoms with Crippen LogP contribution in [0.3, 0.4) is 0 Å². The highest BCUT2D eigenvalue weighted by molar-refractivity contribution is 9.10. The van der Waals surface area contributed by atoms with Crippen molar-refractivity contribution >= 4 is 26.8 Å². The highest BCUT2D eigenvalue weighted by Gasteiger charge is 2.38. The maximum absolute atomic E-state index is 13.6. The van der Waals surface area contributed by atoms with Crippen LogP contribution in [0.4, 0.5) is 17.6 Å². The number of H-pyrrole nitrogens is 1. The lowest BCUT2D eigenvalue weighted by molar-refractivity contribution is -0.189. The second-order valence-corrected chi connectivity index (χ2v) is 4.59. The summed E-state index contributed by atoms with van der Waals surface area (Å²) in [5.74, 6) is -0.591. The quantitative estimate of drug-likeness (QED) is 0.813. The predicted octanol–water partition coefficient (Wildman–Crippen LogP) is 4.40. The molecule has 0 aliphatic rings. The van der Waals surface area contributed by atoms with Crippen molar-refractivity contribution in [2.75, 3.05) is 0 Å². The topological polar surface area (TPSA) is 25.0 Å². The number of hydrogen-bond donors (Lipinski definition) is 1. The molecular formula is C11H8BrF4NO. The van der Waals surface area contributed by atoms with Gasteiger partial charge in [-0.2, -0.15) is 13.2 Å². The third-order valence-electron chi connectivity index (χ3n) is 2.46. The monoisotopic (exact) mass is 325 g/mol. The summed E-state index contributed by atoms with van der Waals surface area (Å²) in [7, 11) is 0. The molecule has 2 aromatic rings. The summed E-state index contributed by atoms with van der Waals surface area (Å²) in [6, 6.07) is 2.61. The Morgan fingerprint density at radius 1 is 1.39 bits per heavy atom. The highest BCUT2D eigenvalue weighted by atomic mass is 79.9. The average molecular weight is 326 g/mol. The van der Waals surface area contributed by atoms with E-state index in [-0.39, 0.29) is 21.1 Å². The SMILES string of the molecule is CC(Oc1cc(Br)c(F)c2cc[nH]c12)C(F)(F)F. The molecule has 0 saturated carbocycles.